The van der Waals surface area contributed by atoms with Crippen LogP contribution in [0.2, 0.25) is 4.34 Å². The van der Waals surface area contributed by atoms with E-state index >= 15 is 0 Å². The molecule has 1 aliphatic rings. The third-order valence-electron chi connectivity index (χ3n) is 3.16. The van der Waals surface area contributed by atoms with Gasteiger partial charge in [0.05, 0.1) is 4.34 Å². The molecule has 2 N–H and O–H groups in total. The Balaban J connectivity index is 1.72. The smallest absolute Gasteiger partial charge is 0.271 e. The van der Waals surface area contributed by atoms with Crippen molar-refractivity contribution in [3.8, 4) is 0 Å². The Labute approximate surface area is 133 Å². The number of thiophene rings is 1. The minimum absolute atomic E-state index is 0.217. The zero-order valence-corrected chi connectivity index (χ0v) is 13.6. The molecule has 1 aromatic carbocycles. The maximum Gasteiger partial charge on any atom is 0.271 e. The second-order valence-corrected chi connectivity index (χ2v) is 8.64. The van der Waals surface area contributed by atoms with Gasteiger partial charge in [0.1, 0.15) is 4.21 Å². The Morgan fingerprint density at radius 3 is 2.71 bits per heavy atom. The van der Waals surface area contributed by atoms with Gasteiger partial charge in [-0.1, -0.05) is 23.7 Å². The fraction of sp³-hybridized carbons (Fsp3) is 0.286. The average Bonchev–Trinajstić information content (AvgIpc) is 3.16. The van der Waals surface area contributed by atoms with E-state index in [2.05, 4.69) is 10.0 Å². The van der Waals surface area contributed by atoms with E-state index in [-0.39, 0.29) is 4.21 Å². The van der Waals surface area contributed by atoms with E-state index in [1.807, 2.05) is 18.2 Å². The summed E-state index contributed by atoms with van der Waals surface area (Å²) in [5.41, 5.74) is 1.63. The van der Waals surface area contributed by atoms with Crippen molar-refractivity contribution in [1.82, 2.24) is 5.32 Å². The summed E-state index contributed by atoms with van der Waals surface area (Å²) in [5.74, 6) is 0. The molecule has 1 heterocycles. The molecule has 0 bridgehead atoms. The van der Waals surface area contributed by atoms with Crippen molar-refractivity contribution in [3.05, 3.63) is 46.3 Å². The molecule has 0 saturated heterocycles. The molecule has 2 aromatic rings. The lowest BCUT2D eigenvalue weighted by Crippen LogP contribution is -2.16. The molecule has 0 atom stereocenters. The van der Waals surface area contributed by atoms with Crippen LogP contribution in [0.4, 0.5) is 5.69 Å². The van der Waals surface area contributed by atoms with Crippen molar-refractivity contribution < 1.29 is 8.42 Å². The van der Waals surface area contributed by atoms with E-state index in [4.69, 9.17) is 11.6 Å². The number of hydrogen-bond donors (Lipinski definition) is 2. The molecule has 3 rings (SSSR count). The van der Waals surface area contributed by atoms with Crippen molar-refractivity contribution in [1.29, 1.82) is 0 Å². The first-order valence-electron chi connectivity index (χ1n) is 6.63. The number of rotatable bonds is 6. The third kappa shape index (κ3) is 3.97. The molecule has 0 spiro atoms. The van der Waals surface area contributed by atoms with Gasteiger partial charge in [0.15, 0.2) is 0 Å². The van der Waals surface area contributed by atoms with Gasteiger partial charge in [0.25, 0.3) is 10.0 Å². The van der Waals surface area contributed by atoms with Gasteiger partial charge >= 0.3 is 0 Å². The van der Waals surface area contributed by atoms with Gasteiger partial charge in [-0.3, -0.25) is 4.72 Å². The van der Waals surface area contributed by atoms with Gasteiger partial charge < -0.3 is 5.32 Å². The van der Waals surface area contributed by atoms with Crippen LogP contribution in [0.15, 0.2) is 40.6 Å². The van der Waals surface area contributed by atoms with Gasteiger partial charge in [-0.05, 0) is 42.7 Å². The Morgan fingerprint density at radius 1 is 1.24 bits per heavy atom. The summed E-state index contributed by atoms with van der Waals surface area (Å²) in [6.45, 7) is 0.755. The number of sulfonamides is 1. The second-order valence-electron chi connectivity index (χ2n) is 5.02. The standard InChI is InChI=1S/C14H15ClN2O2S2/c15-13-6-7-14(20-13)21(18,19)17-12-3-1-2-10(8-12)9-16-11-4-5-11/h1-3,6-8,11,16-17H,4-5,9H2. The minimum atomic E-state index is -3.56. The highest BCUT2D eigenvalue weighted by atomic mass is 35.5. The molecular formula is C14H15ClN2O2S2. The van der Waals surface area contributed by atoms with Crippen LogP contribution in [0.1, 0.15) is 18.4 Å². The number of halogens is 1. The largest absolute Gasteiger partial charge is 0.310 e. The molecule has 112 valence electrons. The second kappa shape index (κ2) is 5.96. The SMILES string of the molecule is O=S(=O)(Nc1cccc(CNC2CC2)c1)c1ccc(Cl)s1. The monoisotopic (exact) mass is 342 g/mol. The summed E-state index contributed by atoms with van der Waals surface area (Å²) in [4.78, 5) is 0. The van der Waals surface area contributed by atoms with Crippen LogP contribution >= 0.6 is 22.9 Å². The molecule has 0 unspecified atom stereocenters. The summed E-state index contributed by atoms with van der Waals surface area (Å²) in [6.07, 6.45) is 2.46. The number of anilines is 1. The molecule has 0 radical (unpaired) electrons. The van der Waals surface area contributed by atoms with Crippen LogP contribution in [-0.2, 0) is 16.6 Å². The van der Waals surface area contributed by atoms with E-state index in [1.165, 1.54) is 18.9 Å². The molecule has 4 nitrogen and oxygen atoms in total. The molecular weight excluding hydrogens is 328 g/mol. The van der Waals surface area contributed by atoms with Gasteiger partial charge in [-0.2, -0.15) is 0 Å². The molecule has 0 aliphatic heterocycles. The van der Waals surface area contributed by atoms with Crippen molar-refractivity contribution in [2.24, 2.45) is 0 Å². The summed E-state index contributed by atoms with van der Waals surface area (Å²) >= 11 is 6.83. The first kappa shape index (κ1) is 14.8. The zero-order chi connectivity index (χ0) is 14.9. The van der Waals surface area contributed by atoms with Crippen molar-refractivity contribution >= 4 is 38.6 Å². The minimum Gasteiger partial charge on any atom is -0.310 e. The summed E-state index contributed by atoms with van der Waals surface area (Å²) in [6, 6.07) is 11.1. The summed E-state index contributed by atoms with van der Waals surface area (Å²) in [7, 11) is -3.56. The maximum atomic E-state index is 12.2. The van der Waals surface area contributed by atoms with Crippen LogP contribution < -0.4 is 10.0 Å². The van der Waals surface area contributed by atoms with Crippen molar-refractivity contribution in [2.75, 3.05) is 4.72 Å². The highest BCUT2D eigenvalue weighted by Crippen LogP contribution is 2.27. The number of hydrogen-bond acceptors (Lipinski definition) is 4. The lowest BCUT2D eigenvalue weighted by atomic mass is 10.2. The van der Waals surface area contributed by atoms with Gasteiger partial charge in [0, 0.05) is 18.3 Å². The van der Waals surface area contributed by atoms with Crippen molar-refractivity contribution in [3.63, 3.8) is 0 Å². The lowest BCUT2D eigenvalue weighted by molar-refractivity contribution is 0.603. The van der Waals surface area contributed by atoms with Crippen LogP contribution in [0, 0.1) is 0 Å². The highest BCUT2D eigenvalue weighted by Gasteiger charge is 2.20. The first-order valence-corrected chi connectivity index (χ1v) is 9.31. The predicted octanol–water partition coefficient (Wildman–Crippen LogP) is 3.45. The average molecular weight is 343 g/mol. The third-order valence-corrected chi connectivity index (χ3v) is 6.27. The Bertz CT molecular complexity index is 739. The highest BCUT2D eigenvalue weighted by molar-refractivity contribution is 7.94. The maximum absolute atomic E-state index is 12.2. The van der Waals surface area contributed by atoms with Crippen LogP contribution in [0.3, 0.4) is 0 Å². The summed E-state index contributed by atoms with van der Waals surface area (Å²) < 4.78 is 27.7. The molecule has 21 heavy (non-hydrogen) atoms. The first-order chi connectivity index (χ1) is 10.0. The Morgan fingerprint density at radius 2 is 2.05 bits per heavy atom. The molecule has 1 fully saturated rings. The van der Waals surface area contributed by atoms with Crippen LogP contribution in [-0.4, -0.2) is 14.5 Å². The molecule has 1 saturated carbocycles. The van der Waals surface area contributed by atoms with Crippen molar-refractivity contribution in [2.45, 2.75) is 29.6 Å². The zero-order valence-electron chi connectivity index (χ0n) is 11.2. The van der Waals surface area contributed by atoms with Gasteiger partial charge in [0.2, 0.25) is 0 Å². The number of benzene rings is 1. The fourth-order valence-corrected chi connectivity index (χ4v) is 4.47. The normalized spacial score (nSPS) is 15.1. The van der Waals surface area contributed by atoms with Gasteiger partial charge in [-0.25, -0.2) is 8.42 Å². The summed E-state index contributed by atoms with van der Waals surface area (Å²) in [5, 5.41) is 3.41. The van der Waals surface area contributed by atoms with E-state index in [9.17, 15) is 8.42 Å². The predicted molar refractivity (Wildman–Crippen MR) is 86.4 cm³/mol. The fourth-order valence-electron chi connectivity index (χ4n) is 1.94. The topological polar surface area (TPSA) is 58.2 Å². The van der Waals surface area contributed by atoms with E-state index in [0.717, 1.165) is 23.4 Å². The van der Waals surface area contributed by atoms with E-state index in [1.54, 1.807) is 12.1 Å². The van der Waals surface area contributed by atoms with Gasteiger partial charge in [-0.15, -0.1) is 11.3 Å². The van der Waals surface area contributed by atoms with Crippen LogP contribution in [0.25, 0.3) is 0 Å². The Hall–Kier alpha value is -1.08. The molecule has 7 heteroatoms. The van der Waals surface area contributed by atoms with E-state index in [0.29, 0.717) is 16.1 Å². The quantitative estimate of drug-likeness (QED) is 0.845. The number of nitrogens with one attached hydrogen (secondary N) is 2. The molecule has 1 aromatic heterocycles. The molecule has 0 amide bonds. The Kier molecular flexibility index (Phi) is 4.21. The van der Waals surface area contributed by atoms with Crippen LogP contribution in [0.5, 0.6) is 0 Å². The van der Waals surface area contributed by atoms with E-state index < -0.39 is 10.0 Å². The lowest BCUT2D eigenvalue weighted by Gasteiger charge is -2.09. The molecule has 1 aliphatic carbocycles.